The van der Waals surface area contributed by atoms with Gasteiger partial charge in [-0.3, -0.25) is 9.48 Å². The highest BCUT2D eigenvalue weighted by atomic mass is 16.2. The SMILES string of the molecule is CCc1cc(NC(=O)CC2CCCN(C(=O)NCC(C)C)C2)n(C)n1. The average Bonchev–Trinajstić information content (AvgIpc) is 2.92. The van der Waals surface area contributed by atoms with Gasteiger partial charge in [0.2, 0.25) is 5.91 Å². The summed E-state index contributed by atoms with van der Waals surface area (Å²) in [5.74, 6) is 1.35. The summed E-state index contributed by atoms with van der Waals surface area (Å²) in [6.07, 6.45) is 3.19. The molecule has 1 aliphatic heterocycles. The maximum atomic E-state index is 12.4. The number of aromatic nitrogens is 2. The van der Waals surface area contributed by atoms with Crippen molar-refractivity contribution in [3.8, 4) is 0 Å². The predicted octanol–water partition coefficient (Wildman–Crippen LogP) is 2.39. The number of urea groups is 1. The van der Waals surface area contributed by atoms with E-state index in [0.29, 0.717) is 25.4 Å². The summed E-state index contributed by atoms with van der Waals surface area (Å²) in [4.78, 5) is 26.4. The smallest absolute Gasteiger partial charge is 0.317 e. The first-order valence-electron chi connectivity index (χ1n) is 9.24. The van der Waals surface area contributed by atoms with Crippen molar-refractivity contribution in [2.75, 3.05) is 25.0 Å². The van der Waals surface area contributed by atoms with Gasteiger partial charge in [-0.1, -0.05) is 20.8 Å². The van der Waals surface area contributed by atoms with E-state index in [9.17, 15) is 9.59 Å². The summed E-state index contributed by atoms with van der Waals surface area (Å²) < 4.78 is 1.70. The van der Waals surface area contributed by atoms with E-state index in [4.69, 9.17) is 0 Å². The van der Waals surface area contributed by atoms with E-state index in [1.165, 1.54) is 0 Å². The Morgan fingerprint density at radius 2 is 2.16 bits per heavy atom. The summed E-state index contributed by atoms with van der Waals surface area (Å²) in [5, 5.41) is 10.2. The Kier molecular flexibility index (Phi) is 6.84. The summed E-state index contributed by atoms with van der Waals surface area (Å²) in [6, 6.07) is 1.89. The quantitative estimate of drug-likeness (QED) is 0.827. The number of likely N-dealkylation sites (tertiary alicyclic amines) is 1. The van der Waals surface area contributed by atoms with Crippen molar-refractivity contribution in [1.29, 1.82) is 0 Å². The highest BCUT2D eigenvalue weighted by Crippen LogP contribution is 2.21. The molecule has 7 nitrogen and oxygen atoms in total. The van der Waals surface area contributed by atoms with Gasteiger partial charge in [0.1, 0.15) is 5.82 Å². The van der Waals surface area contributed by atoms with Crippen molar-refractivity contribution in [3.63, 3.8) is 0 Å². The van der Waals surface area contributed by atoms with E-state index in [-0.39, 0.29) is 17.9 Å². The molecule has 0 spiro atoms. The molecule has 2 rings (SSSR count). The zero-order chi connectivity index (χ0) is 18.4. The van der Waals surface area contributed by atoms with Crippen molar-refractivity contribution < 1.29 is 9.59 Å². The first-order valence-corrected chi connectivity index (χ1v) is 9.24. The van der Waals surface area contributed by atoms with Gasteiger partial charge in [-0.2, -0.15) is 5.10 Å². The lowest BCUT2D eigenvalue weighted by Crippen LogP contribution is -2.46. The van der Waals surface area contributed by atoms with E-state index in [1.807, 2.05) is 24.9 Å². The molecule has 0 aliphatic carbocycles. The van der Waals surface area contributed by atoms with Gasteiger partial charge >= 0.3 is 6.03 Å². The van der Waals surface area contributed by atoms with Crippen molar-refractivity contribution >= 4 is 17.8 Å². The molecule has 0 bridgehead atoms. The highest BCUT2D eigenvalue weighted by molar-refractivity contribution is 5.90. The molecule has 140 valence electrons. The molecule has 0 radical (unpaired) electrons. The first kappa shape index (κ1) is 19.3. The van der Waals surface area contributed by atoms with E-state index >= 15 is 0 Å². The number of carbonyl (C=O) groups excluding carboxylic acids is 2. The molecular formula is C18H31N5O2. The Morgan fingerprint density at radius 1 is 1.40 bits per heavy atom. The third kappa shape index (κ3) is 5.76. The van der Waals surface area contributed by atoms with E-state index < -0.39 is 0 Å². The summed E-state index contributed by atoms with van der Waals surface area (Å²) in [7, 11) is 1.83. The van der Waals surface area contributed by atoms with Crippen LogP contribution in [-0.4, -0.2) is 46.3 Å². The number of carbonyl (C=O) groups is 2. The lowest BCUT2D eigenvalue weighted by molar-refractivity contribution is -0.117. The Balaban J connectivity index is 1.83. The molecule has 1 saturated heterocycles. The zero-order valence-corrected chi connectivity index (χ0v) is 15.8. The van der Waals surface area contributed by atoms with Gasteiger partial charge in [0.15, 0.2) is 0 Å². The topological polar surface area (TPSA) is 79.3 Å². The molecule has 1 fully saturated rings. The molecule has 1 unspecified atom stereocenters. The average molecular weight is 349 g/mol. The van der Waals surface area contributed by atoms with E-state index in [1.54, 1.807) is 4.68 Å². The van der Waals surface area contributed by atoms with Gasteiger partial charge in [0, 0.05) is 39.2 Å². The molecular weight excluding hydrogens is 318 g/mol. The van der Waals surface area contributed by atoms with Gasteiger partial charge in [-0.25, -0.2) is 4.79 Å². The molecule has 1 atom stereocenters. The molecule has 0 aromatic carbocycles. The lowest BCUT2D eigenvalue weighted by atomic mass is 9.94. The Labute approximate surface area is 150 Å². The normalized spacial score (nSPS) is 17.6. The monoisotopic (exact) mass is 349 g/mol. The summed E-state index contributed by atoms with van der Waals surface area (Å²) >= 11 is 0. The fourth-order valence-corrected chi connectivity index (χ4v) is 3.09. The molecule has 2 heterocycles. The van der Waals surface area contributed by atoms with Crippen LogP contribution in [0.25, 0.3) is 0 Å². The van der Waals surface area contributed by atoms with Crippen LogP contribution in [0.1, 0.15) is 45.7 Å². The molecule has 2 N–H and O–H groups in total. The first-order chi connectivity index (χ1) is 11.9. The Hall–Kier alpha value is -2.05. The van der Waals surface area contributed by atoms with Gasteiger partial charge in [-0.05, 0) is 31.1 Å². The van der Waals surface area contributed by atoms with Gasteiger partial charge in [0.05, 0.1) is 5.69 Å². The number of nitrogens with one attached hydrogen (secondary N) is 2. The van der Waals surface area contributed by atoms with Crippen LogP contribution in [0.15, 0.2) is 6.07 Å². The third-order valence-electron chi connectivity index (χ3n) is 4.50. The van der Waals surface area contributed by atoms with Crippen LogP contribution in [0.2, 0.25) is 0 Å². The van der Waals surface area contributed by atoms with Crippen LogP contribution < -0.4 is 10.6 Å². The Morgan fingerprint density at radius 3 is 2.80 bits per heavy atom. The Bertz CT molecular complexity index is 596. The van der Waals surface area contributed by atoms with Gasteiger partial charge < -0.3 is 15.5 Å². The second kappa shape index (κ2) is 8.87. The van der Waals surface area contributed by atoms with Crippen molar-refractivity contribution in [3.05, 3.63) is 11.8 Å². The van der Waals surface area contributed by atoms with Crippen LogP contribution >= 0.6 is 0 Å². The number of hydrogen-bond acceptors (Lipinski definition) is 3. The summed E-state index contributed by atoms with van der Waals surface area (Å²) in [5.41, 5.74) is 0.962. The van der Waals surface area contributed by atoms with E-state index in [2.05, 4.69) is 29.6 Å². The number of aryl methyl sites for hydroxylation is 2. The van der Waals surface area contributed by atoms with Crippen LogP contribution in [0.3, 0.4) is 0 Å². The molecule has 7 heteroatoms. The number of hydrogen-bond donors (Lipinski definition) is 2. The standard InChI is InChI=1S/C18H31N5O2/c1-5-15-10-16(22(4)21-15)20-17(24)9-14-7-6-8-23(12-14)18(25)19-11-13(2)3/h10,13-14H,5-9,11-12H2,1-4H3,(H,19,25)(H,20,24). The molecule has 1 aromatic rings. The van der Waals surface area contributed by atoms with Crippen LogP contribution in [0, 0.1) is 11.8 Å². The number of amides is 3. The van der Waals surface area contributed by atoms with Crippen molar-refractivity contribution in [1.82, 2.24) is 20.0 Å². The fraction of sp³-hybridized carbons (Fsp3) is 0.722. The minimum Gasteiger partial charge on any atom is -0.338 e. The van der Waals surface area contributed by atoms with Crippen molar-refractivity contribution in [2.24, 2.45) is 18.9 Å². The molecule has 25 heavy (non-hydrogen) atoms. The minimum atomic E-state index is -0.0157. The predicted molar refractivity (Wildman–Crippen MR) is 98.4 cm³/mol. The van der Waals surface area contributed by atoms with Crippen molar-refractivity contribution in [2.45, 2.75) is 46.5 Å². The molecule has 1 aromatic heterocycles. The van der Waals surface area contributed by atoms with Gasteiger partial charge in [-0.15, -0.1) is 0 Å². The molecule has 0 saturated carbocycles. The van der Waals surface area contributed by atoms with Crippen LogP contribution in [0.4, 0.5) is 10.6 Å². The molecule has 3 amide bonds. The number of rotatable bonds is 6. The fourth-order valence-electron chi connectivity index (χ4n) is 3.09. The zero-order valence-electron chi connectivity index (χ0n) is 15.8. The molecule has 1 aliphatic rings. The van der Waals surface area contributed by atoms with Crippen LogP contribution in [0.5, 0.6) is 0 Å². The highest BCUT2D eigenvalue weighted by Gasteiger charge is 2.25. The van der Waals surface area contributed by atoms with Gasteiger partial charge in [0.25, 0.3) is 0 Å². The maximum absolute atomic E-state index is 12.4. The number of nitrogens with zero attached hydrogens (tertiary/aromatic N) is 3. The third-order valence-corrected chi connectivity index (χ3v) is 4.50. The summed E-state index contributed by atoms with van der Waals surface area (Å²) in [6.45, 7) is 8.28. The maximum Gasteiger partial charge on any atom is 0.317 e. The van der Waals surface area contributed by atoms with E-state index in [0.717, 1.165) is 37.3 Å². The second-order valence-electron chi connectivity index (χ2n) is 7.28. The van der Waals surface area contributed by atoms with Crippen LogP contribution in [-0.2, 0) is 18.3 Å². The number of anilines is 1. The minimum absolute atomic E-state index is 0.0138. The number of piperidine rings is 1. The second-order valence-corrected chi connectivity index (χ2v) is 7.28. The lowest BCUT2D eigenvalue weighted by Gasteiger charge is -2.32. The largest absolute Gasteiger partial charge is 0.338 e.